The average molecular weight is 753 g/mol. The maximum absolute atomic E-state index is 16.2. The van der Waals surface area contributed by atoms with E-state index in [9.17, 15) is 27.5 Å². The zero-order valence-electron chi connectivity index (χ0n) is 29.8. The number of nitrogens with zero attached hydrogens (tertiary/aromatic N) is 4. The van der Waals surface area contributed by atoms with E-state index in [0.717, 1.165) is 27.1 Å². The zero-order valence-corrected chi connectivity index (χ0v) is 30.6. The first-order valence-corrected chi connectivity index (χ1v) is 17.9. The molecule has 280 valence electrons. The van der Waals surface area contributed by atoms with E-state index < -0.39 is 62.3 Å². The summed E-state index contributed by atoms with van der Waals surface area (Å²) in [4.78, 5) is 30.3. The molecule has 3 heterocycles. The Bertz CT molecular complexity index is 2370. The lowest BCUT2D eigenvalue weighted by atomic mass is 9.82. The van der Waals surface area contributed by atoms with Crippen LogP contribution < -0.4 is 19.5 Å². The first-order chi connectivity index (χ1) is 25.0. The summed E-state index contributed by atoms with van der Waals surface area (Å²) in [6.07, 6.45) is -0.583. The second-order valence-corrected chi connectivity index (χ2v) is 15.5. The molecular weight excluding hydrogens is 714 g/mol. The number of methoxy groups -OCH3 is 2. The third-order valence-corrected chi connectivity index (χ3v) is 10.6. The monoisotopic (exact) mass is 752 g/mol. The summed E-state index contributed by atoms with van der Waals surface area (Å²) >= 11 is 0. The molecule has 1 atom stereocenters. The Kier molecular flexibility index (Phi) is 9.72. The number of β-amino-alcohol motifs (C(OH)–C–C–N with tert-alkyl or cyclic N) is 1. The number of pyridine rings is 1. The number of aromatic nitrogens is 2. The van der Waals surface area contributed by atoms with E-state index in [1.54, 1.807) is 64.1 Å². The minimum atomic E-state index is -4.86. The summed E-state index contributed by atoms with van der Waals surface area (Å²) in [5.74, 6) is -2.77. The van der Waals surface area contributed by atoms with Gasteiger partial charge in [-0.25, -0.2) is 31.7 Å². The van der Waals surface area contributed by atoms with Crippen LogP contribution in [-0.4, -0.2) is 67.0 Å². The van der Waals surface area contributed by atoms with Crippen molar-refractivity contribution in [3.05, 3.63) is 112 Å². The lowest BCUT2D eigenvalue weighted by Crippen LogP contribution is -2.62. The van der Waals surface area contributed by atoms with Gasteiger partial charge in [0.1, 0.15) is 39.2 Å². The molecule has 0 saturated carbocycles. The number of rotatable bonds is 10. The average Bonchev–Trinajstić information content (AvgIpc) is 3.41. The first-order valence-electron chi connectivity index (χ1n) is 16.5. The van der Waals surface area contributed by atoms with Crippen LogP contribution in [0.1, 0.15) is 50.4 Å². The normalized spacial score (nSPS) is 14.8. The smallest absolute Gasteiger partial charge is 0.420 e. The molecule has 5 aromatic rings. The number of anilines is 1. The molecule has 2 aromatic heterocycles. The Labute approximate surface area is 304 Å². The summed E-state index contributed by atoms with van der Waals surface area (Å²) in [7, 11) is -2.03. The lowest BCUT2D eigenvalue weighted by molar-refractivity contribution is -0.104. The topological polar surface area (TPSA) is 154 Å². The highest BCUT2D eigenvalue weighted by Crippen LogP contribution is 2.39. The number of likely N-dealkylation sites (tertiary alicyclic amines) is 1. The Hall–Kier alpha value is -5.48. The largest absolute Gasteiger partial charge is 0.497 e. The Morgan fingerprint density at radius 2 is 1.75 bits per heavy atom. The van der Waals surface area contributed by atoms with E-state index in [0.29, 0.717) is 22.4 Å². The van der Waals surface area contributed by atoms with Crippen molar-refractivity contribution < 1.29 is 45.7 Å². The van der Waals surface area contributed by atoms with E-state index in [1.165, 1.54) is 37.3 Å². The highest BCUT2D eigenvalue weighted by molar-refractivity contribution is 7.92. The van der Waals surface area contributed by atoms with Crippen LogP contribution in [0, 0.1) is 11.8 Å². The van der Waals surface area contributed by atoms with Gasteiger partial charge in [0.15, 0.2) is 5.58 Å². The number of hydrogen-bond donors (Lipinski definition) is 1. The van der Waals surface area contributed by atoms with Crippen LogP contribution in [0.5, 0.6) is 11.5 Å². The van der Waals surface area contributed by atoms with Gasteiger partial charge in [0.05, 0.1) is 45.4 Å². The van der Waals surface area contributed by atoms with Crippen molar-refractivity contribution in [3.8, 4) is 11.5 Å². The van der Waals surface area contributed by atoms with Crippen molar-refractivity contribution in [1.29, 1.82) is 0 Å². The second kappa shape index (κ2) is 13.8. The molecule has 1 unspecified atom stereocenters. The predicted octanol–water partition coefficient (Wildman–Crippen LogP) is 5.73. The Morgan fingerprint density at radius 3 is 2.42 bits per heavy atom. The highest BCUT2D eigenvalue weighted by atomic mass is 32.2. The molecular formula is C37H38F2N4O9S. The molecule has 16 heteroatoms. The number of ether oxygens (including phenoxy) is 3. The molecule has 1 aliphatic rings. The first kappa shape index (κ1) is 37.3. The maximum Gasteiger partial charge on any atom is 0.420 e. The number of carbonyl (C=O) groups is 1. The Balaban J connectivity index is 1.38. The van der Waals surface area contributed by atoms with Crippen molar-refractivity contribution in [2.24, 2.45) is 0 Å². The molecule has 1 aliphatic heterocycles. The number of benzene rings is 3. The van der Waals surface area contributed by atoms with Crippen molar-refractivity contribution in [2.75, 3.05) is 31.6 Å². The van der Waals surface area contributed by atoms with Gasteiger partial charge in [-0.3, -0.25) is 4.57 Å². The van der Waals surface area contributed by atoms with Crippen LogP contribution in [0.25, 0.3) is 11.1 Å². The van der Waals surface area contributed by atoms with Crippen LogP contribution in [0.4, 0.5) is 19.4 Å². The minimum Gasteiger partial charge on any atom is -0.497 e. The molecule has 0 bridgehead atoms. The number of oxazole rings is 1. The van der Waals surface area contributed by atoms with Crippen LogP contribution in [0.2, 0.25) is 0 Å². The minimum absolute atomic E-state index is 0.0583. The third-order valence-electron chi connectivity index (χ3n) is 8.86. The molecule has 6 rings (SSSR count). The third kappa shape index (κ3) is 7.15. The van der Waals surface area contributed by atoms with Gasteiger partial charge < -0.3 is 28.6 Å². The summed E-state index contributed by atoms with van der Waals surface area (Å²) in [5, 5.41) is 11.6. The second-order valence-electron chi connectivity index (χ2n) is 13.6. The summed E-state index contributed by atoms with van der Waals surface area (Å²) in [6.45, 7) is 6.27. The maximum atomic E-state index is 16.2. The lowest BCUT2D eigenvalue weighted by Gasteiger charge is -2.47. The summed E-state index contributed by atoms with van der Waals surface area (Å²) in [5.41, 5.74) is -1.26. The van der Waals surface area contributed by atoms with Crippen LogP contribution in [0.15, 0.2) is 86.9 Å². The van der Waals surface area contributed by atoms with Gasteiger partial charge in [0.25, 0.3) is 10.0 Å². The number of sulfonamides is 1. The standard InChI is InChI=1S/C37H38F2N4O9S/c1-22(25-10-7-8-11-26(25)37(46)20-41(21-37)34(44)52-36(2,3)4)43-28-17-27(38)31(18-30(28)51-35(43)45)53(47,48)42(33-13-9-12-32(39)40-33)19-23-14-15-24(49-5)16-29(23)50-6/h7-18,22,46H,19-21H2,1-6H3. The van der Waals surface area contributed by atoms with Gasteiger partial charge in [0.2, 0.25) is 5.95 Å². The van der Waals surface area contributed by atoms with Crippen LogP contribution >= 0.6 is 0 Å². The zero-order chi connectivity index (χ0) is 38.5. The quantitative estimate of drug-likeness (QED) is 0.175. The Morgan fingerprint density at radius 1 is 1.04 bits per heavy atom. The molecule has 3 aromatic carbocycles. The van der Waals surface area contributed by atoms with Crippen molar-refractivity contribution in [3.63, 3.8) is 0 Å². The fourth-order valence-electron chi connectivity index (χ4n) is 6.32. The number of aliphatic hydroxyl groups is 1. The molecule has 0 radical (unpaired) electrons. The van der Waals surface area contributed by atoms with Gasteiger partial charge in [-0.05, 0) is 63.1 Å². The van der Waals surface area contributed by atoms with Crippen molar-refractivity contribution >= 4 is 33.0 Å². The van der Waals surface area contributed by atoms with Gasteiger partial charge in [-0.2, -0.15) is 4.39 Å². The molecule has 13 nitrogen and oxygen atoms in total. The van der Waals surface area contributed by atoms with Gasteiger partial charge in [-0.1, -0.05) is 30.3 Å². The van der Waals surface area contributed by atoms with Gasteiger partial charge >= 0.3 is 11.8 Å². The van der Waals surface area contributed by atoms with E-state index in [1.807, 2.05) is 0 Å². The van der Waals surface area contributed by atoms with Crippen molar-refractivity contribution in [2.45, 2.75) is 56.4 Å². The summed E-state index contributed by atoms with van der Waals surface area (Å²) in [6, 6.07) is 15.9. The van der Waals surface area contributed by atoms with Crippen LogP contribution in [0.3, 0.4) is 0 Å². The van der Waals surface area contributed by atoms with E-state index in [4.69, 9.17) is 18.6 Å². The molecule has 1 N–H and O–H groups in total. The van der Waals surface area contributed by atoms with Gasteiger partial charge in [0, 0.05) is 23.8 Å². The summed E-state index contributed by atoms with van der Waals surface area (Å²) < 4.78 is 82.6. The van der Waals surface area contributed by atoms with E-state index in [2.05, 4.69) is 4.98 Å². The number of fused-ring (bicyclic) bond motifs is 1. The van der Waals surface area contributed by atoms with Crippen molar-refractivity contribution in [1.82, 2.24) is 14.5 Å². The molecule has 1 amide bonds. The van der Waals surface area contributed by atoms with E-state index in [-0.39, 0.29) is 35.8 Å². The molecule has 0 spiro atoms. The molecule has 53 heavy (non-hydrogen) atoms. The molecule has 1 saturated heterocycles. The fourth-order valence-corrected chi connectivity index (χ4v) is 7.77. The van der Waals surface area contributed by atoms with Crippen LogP contribution in [-0.2, 0) is 26.9 Å². The fraction of sp³-hybridized carbons (Fsp3) is 0.324. The SMILES string of the molecule is COc1ccc(CN(c2cccc(F)n2)S(=O)(=O)c2cc3oc(=O)n(C(C)c4ccccc4C4(O)CN(C(=O)OC(C)(C)C)C4)c3cc2F)c(OC)c1. The molecule has 0 aliphatic carbocycles. The number of hydrogen-bond acceptors (Lipinski definition) is 10. The highest BCUT2D eigenvalue weighted by Gasteiger charge is 2.48. The number of carbonyl (C=O) groups excluding carboxylic acids is 1. The number of amides is 1. The van der Waals surface area contributed by atoms with Gasteiger partial charge in [-0.15, -0.1) is 0 Å². The van der Waals surface area contributed by atoms with E-state index >= 15 is 4.39 Å². The predicted molar refractivity (Wildman–Crippen MR) is 190 cm³/mol. The number of halogens is 2. The molecule has 1 fully saturated rings.